The predicted molar refractivity (Wildman–Crippen MR) is 60.3 cm³/mol. The number of halogens is 3. The molecule has 1 aromatic heterocycles. The molecule has 3 nitrogen and oxygen atoms in total. The summed E-state index contributed by atoms with van der Waals surface area (Å²) in [6.45, 7) is 2.64. The summed E-state index contributed by atoms with van der Waals surface area (Å²) in [6.07, 6.45) is -4.20. The van der Waals surface area contributed by atoms with Gasteiger partial charge in [-0.05, 0) is 26.0 Å². The number of hydrogen-bond acceptors (Lipinski definition) is 3. The van der Waals surface area contributed by atoms with Crippen LogP contribution in [-0.2, 0) is 6.54 Å². The molecule has 6 heteroatoms. The van der Waals surface area contributed by atoms with Crippen LogP contribution < -0.4 is 5.73 Å². The number of nitrogen functional groups attached to an aromatic ring is 1. The van der Waals surface area contributed by atoms with Gasteiger partial charge in [0, 0.05) is 12.6 Å². The maximum Gasteiger partial charge on any atom is 0.401 e. The summed E-state index contributed by atoms with van der Waals surface area (Å²) in [4.78, 5) is 5.30. The standard InChI is InChI=1S/C11H16F3N3/c1-8(2)17(7-11(12,13)14)6-9-4-3-5-10(15)16-9/h3-5,8H,6-7H2,1-2H3,(H2,15,16). The molecule has 1 rings (SSSR count). The molecule has 0 bridgehead atoms. The van der Waals surface area contributed by atoms with Gasteiger partial charge < -0.3 is 5.73 Å². The molecule has 0 aliphatic rings. The van der Waals surface area contributed by atoms with Gasteiger partial charge in [-0.2, -0.15) is 13.2 Å². The van der Waals surface area contributed by atoms with Crippen LogP contribution in [0.5, 0.6) is 0 Å². The second-order valence-corrected chi connectivity index (χ2v) is 4.17. The number of anilines is 1. The first-order chi connectivity index (χ1) is 7.78. The lowest BCUT2D eigenvalue weighted by molar-refractivity contribution is -0.151. The Bertz CT molecular complexity index is 363. The van der Waals surface area contributed by atoms with E-state index in [1.54, 1.807) is 32.0 Å². The molecule has 0 amide bonds. The van der Waals surface area contributed by atoms with Crippen molar-refractivity contribution in [3.8, 4) is 0 Å². The van der Waals surface area contributed by atoms with Gasteiger partial charge in [0.25, 0.3) is 0 Å². The van der Waals surface area contributed by atoms with Crippen molar-refractivity contribution >= 4 is 5.82 Å². The SMILES string of the molecule is CC(C)N(Cc1cccc(N)n1)CC(F)(F)F. The molecule has 96 valence electrons. The van der Waals surface area contributed by atoms with Crippen molar-refractivity contribution in [2.24, 2.45) is 0 Å². The van der Waals surface area contributed by atoms with E-state index in [0.717, 1.165) is 0 Å². The van der Waals surface area contributed by atoms with Crippen LogP contribution in [0.2, 0.25) is 0 Å². The van der Waals surface area contributed by atoms with Gasteiger partial charge in [0.15, 0.2) is 0 Å². The fraction of sp³-hybridized carbons (Fsp3) is 0.545. The van der Waals surface area contributed by atoms with E-state index in [1.807, 2.05) is 0 Å². The summed E-state index contributed by atoms with van der Waals surface area (Å²) in [5.74, 6) is 0.318. The Morgan fingerprint density at radius 1 is 1.35 bits per heavy atom. The number of rotatable bonds is 4. The van der Waals surface area contributed by atoms with E-state index in [2.05, 4.69) is 4.98 Å². The smallest absolute Gasteiger partial charge is 0.384 e. The molecule has 0 aliphatic heterocycles. The van der Waals surface area contributed by atoms with Crippen molar-refractivity contribution in [1.29, 1.82) is 0 Å². The fourth-order valence-corrected chi connectivity index (χ4v) is 1.45. The van der Waals surface area contributed by atoms with E-state index < -0.39 is 12.7 Å². The molecule has 0 spiro atoms. The minimum Gasteiger partial charge on any atom is -0.384 e. The molecule has 1 heterocycles. The zero-order valence-corrected chi connectivity index (χ0v) is 9.83. The Labute approximate surface area is 98.4 Å². The number of nitrogens with zero attached hydrogens (tertiary/aromatic N) is 2. The largest absolute Gasteiger partial charge is 0.401 e. The number of pyridine rings is 1. The van der Waals surface area contributed by atoms with Gasteiger partial charge >= 0.3 is 6.18 Å². The van der Waals surface area contributed by atoms with Crippen molar-refractivity contribution < 1.29 is 13.2 Å². The Morgan fingerprint density at radius 3 is 2.47 bits per heavy atom. The van der Waals surface area contributed by atoms with Gasteiger partial charge in [0.05, 0.1) is 12.2 Å². The van der Waals surface area contributed by atoms with Gasteiger partial charge in [-0.3, -0.25) is 4.90 Å². The quantitative estimate of drug-likeness (QED) is 0.888. The van der Waals surface area contributed by atoms with Crippen LogP contribution in [0.4, 0.5) is 19.0 Å². The second-order valence-electron chi connectivity index (χ2n) is 4.17. The van der Waals surface area contributed by atoms with Gasteiger partial charge in [0.1, 0.15) is 5.82 Å². The molecular formula is C11H16F3N3. The Balaban J connectivity index is 2.74. The number of alkyl halides is 3. The topological polar surface area (TPSA) is 42.1 Å². The maximum absolute atomic E-state index is 12.4. The van der Waals surface area contributed by atoms with E-state index in [4.69, 9.17) is 5.73 Å². The Hall–Kier alpha value is -1.30. The highest BCUT2D eigenvalue weighted by Crippen LogP contribution is 2.19. The molecular weight excluding hydrogens is 231 g/mol. The highest BCUT2D eigenvalue weighted by atomic mass is 19.4. The molecule has 0 aromatic carbocycles. The molecule has 0 unspecified atom stereocenters. The lowest BCUT2D eigenvalue weighted by Gasteiger charge is -2.27. The first-order valence-electron chi connectivity index (χ1n) is 5.30. The average Bonchev–Trinajstić information content (AvgIpc) is 2.14. The van der Waals surface area contributed by atoms with Gasteiger partial charge in [-0.15, -0.1) is 0 Å². The summed E-state index contributed by atoms with van der Waals surface area (Å²) in [7, 11) is 0. The maximum atomic E-state index is 12.4. The lowest BCUT2D eigenvalue weighted by Crippen LogP contribution is -2.38. The molecule has 2 N–H and O–H groups in total. The number of nitrogens with two attached hydrogens (primary N) is 1. The first-order valence-corrected chi connectivity index (χ1v) is 5.30. The lowest BCUT2D eigenvalue weighted by atomic mass is 10.2. The van der Waals surface area contributed by atoms with Crippen LogP contribution in [0.25, 0.3) is 0 Å². The van der Waals surface area contributed by atoms with Crippen LogP contribution in [0, 0.1) is 0 Å². The van der Waals surface area contributed by atoms with E-state index in [9.17, 15) is 13.2 Å². The Kier molecular flexibility index (Phi) is 4.34. The first kappa shape index (κ1) is 13.8. The van der Waals surface area contributed by atoms with Crippen molar-refractivity contribution in [1.82, 2.24) is 9.88 Å². The van der Waals surface area contributed by atoms with Crippen LogP contribution in [0.3, 0.4) is 0 Å². The summed E-state index contributed by atoms with van der Waals surface area (Å²) >= 11 is 0. The molecule has 0 saturated heterocycles. The van der Waals surface area contributed by atoms with E-state index >= 15 is 0 Å². The zero-order chi connectivity index (χ0) is 13.1. The third kappa shape index (κ3) is 5.04. The Morgan fingerprint density at radius 2 is 2.00 bits per heavy atom. The summed E-state index contributed by atoms with van der Waals surface area (Å²) in [6, 6.07) is 4.75. The monoisotopic (exact) mass is 247 g/mol. The zero-order valence-electron chi connectivity index (χ0n) is 9.83. The van der Waals surface area contributed by atoms with Gasteiger partial charge in [0.2, 0.25) is 0 Å². The summed E-state index contributed by atoms with van der Waals surface area (Å²) in [5.41, 5.74) is 6.03. The summed E-state index contributed by atoms with van der Waals surface area (Å²) in [5, 5.41) is 0. The van der Waals surface area contributed by atoms with Crippen molar-refractivity contribution in [3.05, 3.63) is 23.9 Å². The van der Waals surface area contributed by atoms with Gasteiger partial charge in [-0.25, -0.2) is 4.98 Å². The number of aromatic nitrogens is 1. The van der Waals surface area contributed by atoms with Crippen LogP contribution >= 0.6 is 0 Å². The molecule has 1 aromatic rings. The van der Waals surface area contributed by atoms with E-state index in [0.29, 0.717) is 11.5 Å². The highest BCUT2D eigenvalue weighted by Gasteiger charge is 2.31. The van der Waals surface area contributed by atoms with E-state index in [-0.39, 0.29) is 12.6 Å². The third-order valence-electron chi connectivity index (χ3n) is 2.31. The molecule has 0 aliphatic carbocycles. The van der Waals surface area contributed by atoms with Gasteiger partial charge in [-0.1, -0.05) is 6.07 Å². The minimum absolute atomic E-state index is 0.141. The highest BCUT2D eigenvalue weighted by molar-refractivity contribution is 5.28. The van der Waals surface area contributed by atoms with Crippen molar-refractivity contribution in [3.63, 3.8) is 0 Å². The number of hydrogen-bond donors (Lipinski definition) is 1. The second kappa shape index (κ2) is 5.35. The van der Waals surface area contributed by atoms with Crippen molar-refractivity contribution in [2.75, 3.05) is 12.3 Å². The molecule has 0 saturated carbocycles. The van der Waals surface area contributed by atoms with Crippen LogP contribution in [-0.4, -0.2) is 28.6 Å². The average molecular weight is 247 g/mol. The normalized spacial score (nSPS) is 12.4. The third-order valence-corrected chi connectivity index (χ3v) is 2.31. The summed E-state index contributed by atoms with van der Waals surface area (Å²) < 4.78 is 37.1. The molecule has 0 radical (unpaired) electrons. The molecule has 0 atom stereocenters. The van der Waals surface area contributed by atoms with Crippen molar-refractivity contribution in [2.45, 2.75) is 32.6 Å². The van der Waals surface area contributed by atoms with Crippen LogP contribution in [0.1, 0.15) is 19.5 Å². The predicted octanol–water partition coefficient (Wildman–Crippen LogP) is 2.44. The molecule has 0 fully saturated rings. The molecule has 17 heavy (non-hydrogen) atoms. The minimum atomic E-state index is -4.20. The fourth-order valence-electron chi connectivity index (χ4n) is 1.45. The van der Waals surface area contributed by atoms with E-state index in [1.165, 1.54) is 4.90 Å². The van der Waals surface area contributed by atoms with Crippen LogP contribution in [0.15, 0.2) is 18.2 Å².